The van der Waals surface area contributed by atoms with Crippen LogP contribution in [-0.4, -0.2) is 15.6 Å². The molecular weight excluding hydrogens is 246 g/mol. The van der Waals surface area contributed by atoms with Crippen LogP contribution in [0.2, 0.25) is 0 Å². The summed E-state index contributed by atoms with van der Waals surface area (Å²) in [6, 6.07) is 11.5. The molecule has 3 rings (SSSR count). The number of nitrogens with one attached hydrogen (secondary N) is 1. The molecule has 0 radical (unpaired) electrons. The second-order valence-electron chi connectivity index (χ2n) is 5.94. The van der Waals surface area contributed by atoms with E-state index in [1.54, 1.807) is 0 Å². The van der Waals surface area contributed by atoms with Crippen LogP contribution in [0.4, 0.5) is 0 Å². The summed E-state index contributed by atoms with van der Waals surface area (Å²) in [5, 5.41) is 3.68. The summed E-state index contributed by atoms with van der Waals surface area (Å²) in [7, 11) is 2.05. The molecular formula is C17H23N3. The van der Waals surface area contributed by atoms with Crippen molar-refractivity contribution in [3.63, 3.8) is 0 Å². The van der Waals surface area contributed by atoms with Gasteiger partial charge in [-0.3, -0.25) is 0 Å². The van der Waals surface area contributed by atoms with Gasteiger partial charge in [0.05, 0.1) is 12.0 Å². The lowest BCUT2D eigenvalue weighted by molar-refractivity contribution is 0.478. The normalized spacial score (nSPS) is 22.2. The molecule has 0 spiro atoms. The molecule has 1 aliphatic carbocycles. The summed E-state index contributed by atoms with van der Waals surface area (Å²) >= 11 is 0. The Morgan fingerprint density at radius 1 is 1.25 bits per heavy atom. The molecule has 1 aromatic heterocycles. The maximum absolute atomic E-state index is 4.16. The number of imidazole rings is 1. The van der Waals surface area contributed by atoms with Gasteiger partial charge in [0.2, 0.25) is 0 Å². The molecule has 1 aliphatic rings. The molecule has 106 valence electrons. The standard InChI is InChI=1S/C17H23N3/c1-20-13-18-11-17(20)12-19-16-8-7-15(10-16)9-14-5-3-2-4-6-14/h2-6,11,13,15-16,19H,7-10,12H2,1H3/t15-,16-/m0/s1. The third kappa shape index (κ3) is 3.28. The summed E-state index contributed by atoms with van der Waals surface area (Å²) in [4.78, 5) is 4.16. The van der Waals surface area contributed by atoms with Crippen molar-refractivity contribution in [2.45, 2.75) is 38.3 Å². The zero-order chi connectivity index (χ0) is 13.8. The van der Waals surface area contributed by atoms with E-state index in [1.807, 2.05) is 12.5 Å². The number of rotatable bonds is 5. The van der Waals surface area contributed by atoms with Crippen molar-refractivity contribution in [2.24, 2.45) is 13.0 Å². The predicted molar refractivity (Wildman–Crippen MR) is 81.3 cm³/mol. The van der Waals surface area contributed by atoms with Gasteiger partial charge in [0.25, 0.3) is 0 Å². The van der Waals surface area contributed by atoms with Gasteiger partial charge in [-0.2, -0.15) is 0 Å². The molecule has 3 nitrogen and oxygen atoms in total. The van der Waals surface area contributed by atoms with E-state index in [0.29, 0.717) is 6.04 Å². The second-order valence-corrected chi connectivity index (χ2v) is 5.94. The Morgan fingerprint density at radius 3 is 2.85 bits per heavy atom. The number of hydrogen-bond acceptors (Lipinski definition) is 2. The molecule has 1 saturated carbocycles. The maximum atomic E-state index is 4.16. The van der Waals surface area contributed by atoms with E-state index in [9.17, 15) is 0 Å². The Morgan fingerprint density at radius 2 is 2.10 bits per heavy atom. The maximum Gasteiger partial charge on any atom is 0.0945 e. The third-order valence-electron chi connectivity index (χ3n) is 4.40. The van der Waals surface area contributed by atoms with Crippen LogP contribution in [0.25, 0.3) is 0 Å². The Hall–Kier alpha value is -1.61. The van der Waals surface area contributed by atoms with Crippen LogP contribution < -0.4 is 5.32 Å². The minimum Gasteiger partial charge on any atom is -0.337 e. The number of hydrogen-bond donors (Lipinski definition) is 1. The quantitative estimate of drug-likeness (QED) is 0.904. The van der Waals surface area contributed by atoms with E-state index in [0.717, 1.165) is 12.5 Å². The predicted octanol–water partition coefficient (Wildman–Crippen LogP) is 2.92. The zero-order valence-electron chi connectivity index (χ0n) is 12.1. The van der Waals surface area contributed by atoms with Crippen LogP contribution in [0.3, 0.4) is 0 Å². The van der Waals surface area contributed by atoms with Gasteiger partial charge in [-0.15, -0.1) is 0 Å². The van der Waals surface area contributed by atoms with E-state index in [-0.39, 0.29) is 0 Å². The van der Waals surface area contributed by atoms with Crippen LogP contribution in [0.15, 0.2) is 42.9 Å². The molecule has 0 aliphatic heterocycles. The van der Waals surface area contributed by atoms with Crippen molar-refractivity contribution in [1.29, 1.82) is 0 Å². The minimum absolute atomic E-state index is 0.665. The molecule has 1 N–H and O–H groups in total. The number of benzene rings is 1. The van der Waals surface area contributed by atoms with Crippen LogP contribution in [0, 0.1) is 5.92 Å². The molecule has 1 aromatic carbocycles. The van der Waals surface area contributed by atoms with Gasteiger partial charge in [-0.25, -0.2) is 4.98 Å². The number of aromatic nitrogens is 2. The molecule has 3 heteroatoms. The monoisotopic (exact) mass is 269 g/mol. The SMILES string of the molecule is Cn1cncc1CN[C@H]1CC[C@@H](Cc2ccccc2)C1. The first-order chi connectivity index (χ1) is 9.81. The van der Waals surface area contributed by atoms with Crippen molar-refractivity contribution in [1.82, 2.24) is 14.9 Å². The molecule has 2 atom stereocenters. The Labute approximate surface area is 121 Å². The molecule has 20 heavy (non-hydrogen) atoms. The average Bonchev–Trinajstić information content (AvgIpc) is 3.07. The average molecular weight is 269 g/mol. The number of aryl methyl sites for hydroxylation is 1. The summed E-state index contributed by atoms with van der Waals surface area (Å²) in [5.41, 5.74) is 2.74. The van der Waals surface area contributed by atoms with Crippen molar-refractivity contribution >= 4 is 0 Å². The Bertz CT molecular complexity index is 532. The molecule has 0 bridgehead atoms. The first kappa shape index (κ1) is 13.4. The highest BCUT2D eigenvalue weighted by molar-refractivity contribution is 5.15. The van der Waals surface area contributed by atoms with Gasteiger partial charge in [0.1, 0.15) is 0 Å². The highest BCUT2D eigenvalue weighted by Gasteiger charge is 2.24. The first-order valence-electron chi connectivity index (χ1n) is 7.54. The summed E-state index contributed by atoms with van der Waals surface area (Å²) in [5.74, 6) is 0.835. The van der Waals surface area contributed by atoms with Crippen LogP contribution in [-0.2, 0) is 20.0 Å². The molecule has 1 heterocycles. The van der Waals surface area contributed by atoms with Crippen LogP contribution in [0.5, 0.6) is 0 Å². The van der Waals surface area contributed by atoms with E-state index in [1.165, 1.54) is 36.9 Å². The third-order valence-corrected chi connectivity index (χ3v) is 4.40. The summed E-state index contributed by atoms with van der Waals surface area (Å²) in [6.07, 6.45) is 8.98. The Kier molecular flexibility index (Phi) is 4.16. The Balaban J connectivity index is 1.46. The molecule has 0 unspecified atom stereocenters. The van der Waals surface area contributed by atoms with E-state index in [2.05, 4.69) is 52.2 Å². The van der Waals surface area contributed by atoms with Gasteiger partial charge in [0, 0.05) is 25.8 Å². The highest BCUT2D eigenvalue weighted by atomic mass is 15.0. The van der Waals surface area contributed by atoms with Gasteiger partial charge in [-0.1, -0.05) is 30.3 Å². The summed E-state index contributed by atoms with van der Waals surface area (Å²) < 4.78 is 2.09. The fourth-order valence-corrected chi connectivity index (χ4v) is 3.20. The minimum atomic E-state index is 0.665. The molecule has 0 amide bonds. The lowest BCUT2D eigenvalue weighted by Gasteiger charge is -2.13. The van der Waals surface area contributed by atoms with Gasteiger partial charge in [-0.05, 0) is 37.2 Å². The zero-order valence-corrected chi connectivity index (χ0v) is 12.1. The lowest BCUT2D eigenvalue weighted by atomic mass is 9.98. The smallest absolute Gasteiger partial charge is 0.0945 e. The van der Waals surface area contributed by atoms with Crippen molar-refractivity contribution in [3.05, 3.63) is 54.1 Å². The van der Waals surface area contributed by atoms with Crippen LogP contribution in [0.1, 0.15) is 30.5 Å². The topological polar surface area (TPSA) is 29.9 Å². The van der Waals surface area contributed by atoms with Crippen molar-refractivity contribution in [3.8, 4) is 0 Å². The van der Waals surface area contributed by atoms with E-state index < -0.39 is 0 Å². The first-order valence-corrected chi connectivity index (χ1v) is 7.54. The molecule has 1 fully saturated rings. The highest BCUT2D eigenvalue weighted by Crippen LogP contribution is 2.28. The van der Waals surface area contributed by atoms with Gasteiger partial charge >= 0.3 is 0 Å². The van der Waals surface area contributed by atoms with Gasteiger partial charge in [0.15, 0.2) is 0 Å². The molecule has 2 aromatic rings. The van der Waals surface area contributed by atoms with E-state index in [4.69, 9.17) is 0 Å². The number of nitrogens with zero attached hydrogens (tertiary/aromatic N) is 2. The summed E-state index contributed by atoms with van der Waals surface area (Å²) in [6.45, 7) is 0.930. The van der Waals surface area contributed by atoms with Crippen molar-refractivity contribution < 1.29 is 0 Å². The van der Waals surface area contributed by atoms with Gasteiger partial charge < -0.3 is 9.88 Å². The van der Waals surface area contributed by atoms with Crippen LogP contribution >= 0.6 is 0 Å². The van der Waals surface area contributed by atoms with E-state index >= 15 is 0 Å². The lowest BCUT2D eigenvalue weighted by Crippen LogP contribution is -2.26. The fourth-order valence-electron chi connectivity index (χ4n) is 3.20. The second kappa shape index (κ2) is 6.23. The van der Waals surface area contributed by atoms with Crippen molar-refractivity contribution in [2.75, 3.05) is 0 Å². The fraction of sp³-hybridized carbons (Fsp3) is 0.471. The molecule has 0 saturated heterocycles. The largest absolute Gasteiger partial charge is 0.337 e.